The van der Waals surface area contributed by atoms with Crippen molar-refractivity contribution in [2.24, 2.45) is 0 Å². The van der Waals surface area contributed by atoms with E-state index < -0.39 is 0 Å². The zero-order valence-electron chi connectivity index (χ0n) is 14.7. The summed E-state index contributed by atoms with van der Waals surface area (Å²) in [6.45, 7) is 1.99. The van der Waals surface area contributed by atoms with Crippen LogP contribution in [0.2, 0.25) is 0 Å². The molecule has 0 saturated heterocycles. The van der Waals surface area contributed by atoms with Crippen molar-refractivity contribution in [3.05, 3.63) is 70.5 Å². The van der Waals surface area contributed by atoms with Gasteiger partial charge in [-0.05, 0) is 71.2 Å². The number of methoxy groups -OCH3 is 1. The predicted octanol–water partition coefficient (Wildman–Crippen LogP) is 4.52. The number of halogens is 1. The second-order valence-electron chi connectivity index (χ2n) is 5.95. The molecule has 1 aromatic heterocycles. The second kappa shape index (κ2) is 8.19. The third kappa shape index (κ3) is 4.32. The number of rotatable bonds is 6. The van der Waals surface area contributed by atoms with E-state index in [0.717, 1.165) is 32.9 Å². The first kappa shape index (κ1) is 18.2. The van der Waals surface area contributed by atoms with E-state index in [0.29, 0.717) is 12.8 Å². The van der Waals surface area contributed by atoms with Crippen molar-refractivity contribution in [2.45, 2.75) is 19.8 Å². The Morgan fingerprint density at radius 3 is 2.77 bits per heavy atom. The lowest BCUT2D eigenvalue weighted by Crippen LogP contribution is -2.12. The summed E-state index contributed by atoms with van der Waals surface area (Å²) in [6, 6.07) is 15.5. The van der Waals surface area contributed by atoms with Gasteiger partial charge in [0.1, 0.15) is 5.75 Å². The highest BCUT2D eigenvalue weighted by molar-refractivity contribution is 9.10. The van der Waals surface area contributed by atoms with E-state index in [-0.39, 0.29) is 5.91 Å². The lowest BCUT2D eigenvalue weighted by atomic mass is 10.1. The maximum Gasteiger partial charge on any atom is 0.224 e. The number of aryl methyl sites for hydroxylation is 2. The van der Waals surface area contributed by atoms with Gasteiger partial charge in [-0.25, -0.2) is 4.68 Å². The van der Waals surface area contributed by atoms with Crippen molar-refractivity contribution < 1.29 is 9.53 Å². The minimum Gasteiger partial charge on any atom is -0.496 e. The molecule has 0 saturated carbocycles. The van der Waals surface area contributed by atoms with Crippen LogP contribution in [-0.2, 0) is 11.2 Å². The molecule has 6 heteroatoms. The van der Waals surface area contributed by atoms with E-state index >= 15 is 0 Å². The van der Waals surface area contributed by atoms with Crippen molar-refractivity contribution in [1.82, 2.24) is 9.78 Å². The van der Waals surface area contributed by atoms with E-state index in [4.69, 9.17) is 4.74 Å². The molecule has 5 nitrogen and oxygen atoms in total. The van der Waals surface area contributed by atoms with Crippen LogP contribution in [0.25, 0.3) is 5.69 Å². The van der Waals surface area contributed by atoms with Crippen LogP contribution >= 0.6 is 15.9 Å². The van der Waals surface area contributed by atoms with E-state index in [1.165, 1.54) is 0 Å². The maximum absolute atomic E-state index is 12.3. The first-order valence-electron chi connectivity index (χ1n) is 8.30. The molecule has 0 spiro atoms. The Morgan fingerprint density at radius 1 is 1.23 bits per heavy atom. The number of nitrogens with one attached hydrogen (secondary N) is 1. The summed E-state index contributed by atoms with van der Waals surface area (Å²) in [5, 5.41) is 7.25. The van der Waals surface area contributed by atoms with Crippen LogP contribution in [0.15, 0.2) is 59.2 Å². The second-order valence-corrected chi connectivity index (χ2v) is 6.81. The van der Waals surface area contributed by atoms with Crippen molar-refractivity contribution in [2.75, 3.05) is 12.4 Å². The van der Waals surface area contributed by atoms with Gasteiger partial charge in [-0.1, -0.05) is 12.1 Å². The molecular weight excluding hydrogens is 394 g/mol. The minimum absolute atomic E-state index is 0.0220. The number of carbonyl (C=O) groups is 1. The third-order valence-corrected chi connectivity index (χ3v) is 4.68. The highest BCUT2D eigenvalue weighted by atomic mass is 79.9. The molecule has 0 bridgehead atoms. The molecule has 0 aliphatic rings. The number of benzene rings is 2. The van der Waals surface area contributed by atoms with Crippen LogP contribution in [0.3, 0.4) is 0 Å². The molecule has 2 aromatic carbocycles. The van der Waals surface area contributed by atoms with E-state index in [1.807, 2.05) is 60.1 Å². The van der Waals surface area contributed by atoms with Crippen LogP contribution in [0.4, 0.5) is 5.69 Å². The van der Waals surface area contributed by atoms with Crippen molar-refractivity contribution in [3.8, 4) is 11.4 Å². The fraction of sp³-hybridized carbons (Fsp3) is 0.200. The highest BCUT2D eigenvalue weighted by Crippen LogP contribution is 2.26. The Morgan fingerprint density at radius 2 is 2.08 bits per heavy atom. The Labute approximate surface area is 161 Å². The summed E-state index contributed by atoms with van der Waals surface area (Å²) < 4.78 is 7.95. The fourth-order valence-corrected chi connectivity index (χ4v) is 3.29. The number of aromatic nitrogens is 2. The van der Waals surface area contributed by atoms with E-state index in [9.17, 15) is 4.79 Å². The number of hydrogen-bond donors (Lipinski definition) is 1. The lowest BCUT2D eigenvalue weighted by molar-refractivity contribution is -0.116. The van der Waals surface area contributed by atoms with Gasteiger partial charge in [0.2, 0.25) is 5.91 Å². The van der Waals surface area contributed by atoms with Crippen LogP contribution < -0.4 is 10.1 Å². The molecule has 0 aliphatic carbocycles. The van der Waals surface area contributed by atoms with Gasteiger partial charge < -0.3 is 10.1 Å². The standard InChI is InChI=1S/C20H20BrN3O2/c1-14-10-11-22-24(14)17-5-3-4-16(13-17)23-20(25)9-7-15-6-8-19(26-2)18(21)12-15/h3-6,8,10-13H,7,9H2,1-2H3,(H,23,25). The molecular formula is C20H20BrN3O2. The topological polar surface area (TPSA) is 56.1 Å². The number of carbonyl (C=O) groups excluding carboxylic acids is 1. The summed E-state index contributed by atoms with van der Waals surface area (Å²) in [7, 11) is 1.63. The van der Waals surface area contributed by atoms with Gasteiger partial charge in [0.05, 0.1) is 17.3 Å². The largest absolute Gasteiger partial charge is 0.496 e. The van der Waals surface area contributed by atoms with Gasteiger partial charge in [-0.2, -0.15) is 5.10 Å². The maximum atomic E-state index is 12.3. The molecule has 1 N–H and O–H groups in total. The first-order valence-corrected chi connectivity index (χ1v) is 9.09. The first-order chi connectivity index (χ1) is 12.6. The van der Waals surface area contributed by atoms with E-state index in [1.54, 1.807) is 13.3 Å². The van der Waals surface area contributed by atoms with Crippen molar-refractivity contribution in [1.29, 1.82) is 0 Å². The molecule has 26 heavy (non-hydrogen) atoms. The number of anilines is 1. The molecule has 0 unspecified atom stereocenters. The van der Waals surface area contributed by atoms with Gasteiger partial charge >= 0.3 is 0 Å². The summed E-state index contributed by atoms with van der Waals surface area (Å²) >= 11 is 3.47. The Kier molecular flexibility index (Phi) is 5.73. The molecule has 1 amide bonds. The van der Waals surface area contributed by atoms with Crippen LogP contribution in [0.1, 0.15) is 17.7 Å². The molecule has 0 radical (unpaired) electrons. The zero-order valence-corrected chi connectivity index (χ0v) is 16.3. The van der Waals surface area contributed by atoms with E-state index in [2.05, 4.69) is 26.3 Å². The van der Waals surface area contributed by atoms with Crippen LogP contribution in [0, 0.1) is 6.92 Å². The molecule has 0 fully saturated rings. The summed E-state index contributed by atoms with van der Waals surface area (Å²) in [6.07, 6.45) is 2.82. The van der Waals surface area contributed by atoms with Crippen molar-refractivity contribution >= 4 is 27.5 Å². The molecule has 1 heterocycles. The van der Waals surface area contributed by atoms with Gasteiger partial charge in [0, 0.05) is 24.0 Å². The zero-order chi connectivity index (χ0) is 18.5. The average molecular weight is 414 g/mol. The van der Waals surface area contributed by atoms with Crippen LogP contribution in [-0.4, -0.2) is 22.8 Å². The fourth-order valence-electron chi connectivity index (χ4n) is 2.70. The molecule has 3 rings (SSSR count). The molecule has 3 aromatic rings. The van der Waals surface area contributed by atoms with Crippen molar-refractivity contribution in [3.63, 3.8) is 0 Å². The predicted molar refractivity (Wildman–Crippen MR) is 106 cm³/mol. The SMILES string of the molecule is COc1ccc(CCC(=O)Nc2cccc(-n3nccc3C)c2)cc1Br. The normalized spacial score (nSPS) is 10.6. The number of nitrogens with zero attached hydrogens (tertiary/aromatic N) is 2. The van der Waals surface area contributed by atoms with Crippen LogP contribution in [0.5, 0.6) is 5.75 Å². The quantitative estimate of drug-likeness (QED) is 0.645. The Bertz CT molecular complexity index is 921. The smallest absolute Gasteiger partial charge is 0.224 e. The van der Waals surface area contributed by atoms with Gasteiger partial charge in [-0.15, -0.1) is 0 Å². The Hall–Kier alpha value is -2.60. The highest BCUT2D eigenvalue weighted by Gasteiger charge is 2.07. The summed E-state index contributed by atoms with van der Waals surface area (Å²) in [5.41, 5.74) is 3.80. The Balaban J connectivity index is 1.62. The molecule has 0 atom stereocenters. The number of ether oxygens (including phenoxy) is 1. The number of hydrogen-bond acceptors (Lipinski definition) is 3. The molecule has 134 valence electrons. The summed E-state index contributed by atoms with van der Waals surface area (Å²) in [5.74, 6) is 0.759. The molecule has 0 aliphatic heterocycles. The van der Waals surface area contributed by atoms with Gasteiger partial charge in [0.15, 0.2) is 0 Å². The third-order valence-electron chi connectivity index (χ3n) is 4.06. The average Bonchev–Trinajstić information content (AvgIpc) is 3.06. The summed E-state index contributed by atoms with van der Waals surface area (Å²) in [4.78, 5) is 12.3. The lowest BCUT2D eigenvalue weighted by Gasteiger charge is -2.09. The monoisotopic (exact) mass is 413 g/mol. The van der Waals surface area contributed by atoms with Gasteiger partial charge in [0.25, 0.3) is 0 Å². The number of amides is 1. The minimum atomic E-state index is -0.0220. The van der Waals surface area contributed by atoms with Gasteiger partial charge in [-0.3, -0.25) is 4.79 Å².